The van der Waals surface area contributed by atoms with Crippen molar-refractivity contribution in [1.82, 2.24) is 9.80 Å². The van der Waals surface area contributed by atoms with E-state index in [4.69, 9.17) is 19.9 Å². The number of nitrogen functional groups attached to an aromatic ring is 1. The highest BCUT2D eigenvalue weighted by molar-refractivity contribution is 6.06. The van der Waals surface area contributed by atoms with E-state index in [9.17, 15) is 19.5 Å². The Morgan fingerprint density at radius 3 is 2.47 bits per heavy atom. The van der Waals surface area contributed by atoms with E-state index in [0.29, 0.717) is 59.4 Å². The van der Waals surface area contributed by atoms with Crippen molar-refractivity contribution in [1.29, 1.82) is 0 Å². The molecular weight excluding hydrogens is 652 g/mol. The van der Waals surface area contributed by atoms with Crippen LogP contribution >= 0.6 is 0 Å². The summed E-state index contributed by atoms with van der Waals surface area (Å²) in [7, 11) is 1.97. The van der Waals surface area contributed by atoms with Gasteiger partial charge in [0.05, 0.1) is 35.3 Å². The van der Waals surface area contributed by atoms with Crippen molar-refractivity contribution in [3.63, 3.8) is 0 Å². The Labute approximate surface area is 296 Å². The van der Waals surface area contributed by atoms with E-state index in [1.165, 1.54) is 0 Å². The van der Waals surface area contributed by atoms with Gasteiger partial charge in [0, 0.05) is 42.9 Å². The number of nitrogens with two attached hydrogens (primary N) is 1. The molecular formula is C38H42N6O7. The van der Waals surface area contributed by atoms with E-state index >= 15 is 0 Å². The highest BCUT2D eigenvalue weighted by Gasteiger charge is 2.34. The number of rotatable bonds is 10. The summed E-state index contributed by atoms with van der Waals surface area (Å²) >= 11 is 0. The van der Waals surface area contributed by atoms with Crippen molar-refractivity contribution in [3.05, 3.63) is 102 Å². The lowest BCUT2D eigenvalue weighted by molar-refractivity contribution is 0.0343. The molecule has 0 aromatic heterocycles. The van der Waals surface area contributed by atoms with Crippen LogP contribution in [0.4, 0.5) is 27.5 Å². The summed E-state index contributed by atoms with van der Waals surface area (Å²) in [6.07, 6.45) is -0.406. The van der Waals surface area contributed by atoms with Gasteiger partial charge in [0.1, 0.15) is 6.10 Å². The molecule has 2 aliphatic heterocycles. The largest absolute Gasteiger partial charge is 0.486 e. The Hall–Kier alpha value is -5.79. The van der Waals surface area contributed by atoms with Crippen molar-refractivity contribution in [2.24, 2.45) is 5.92 Å². The summed E-state index contributed by atoms with van der Waals surface area (Å²) in [5, 5.41) is 18.5. The second-order valence-corrected chi connectivity index (χ2v) is 12.9. The van der Waals surface area contributed by atoms with Gasteiger partial charge in [0.25, 0.3) is 11.8 Å². The van der Waals surface area contributed by atoms with Crippen LogP contribution in [0.2, 0.25) is 0 Å². The SMILES string of the molecule is C[C@H](CO)N1C[C@H](C)[C@H](CN(C)Cc2ccc(C(=O)Nc3ccccc3N)cc2)Oc2c(NC(=O)Nc3ccc4c(c3)OCO4)cccc2C1=O. The minimum atomic E-state index is -0.535. The molecule has 0 bridgehead atoms. The van der Waals surface area contributed by atoms with Gasteiger partial charge in [-0.2, -0.15) is 0 Å². The number of para-hydroxylation sites is 3. The van der Waals surface area contributed by atoms with E-state index in [-0.39, 0.29) is 42.4 Å². The molecule has 6 N–H and O–H groups in total. The molecule has 51 heavy (non-hydrogen) atoms. The minimum absolute atomic E-state index is 0.115. The third-order valence-electron chi connectivity index (χ3n) is 8.94. The summed E-state index contributed by atoms with van der Waals surface area (Å²) in [5.41, 5.74) is 9.61. The monoisotopic (exact) mass is 694 g/mol. The van der Waals surface area contributed by atoms with Crippen LogP contribution in [0, 0.1) is 5.92 Å². The molecule has 0 saturated carbocycles. The van der Waals surface area contributed by atoms with Gasteiger partial charge in [0.15, 0.2) is 17.2 Å². The lowest BCUT2D eigenvalue weighted by atomic mass is 9.98. The Morgan fingerprint density at radius 2 is 1.71 bits per heavy atom. The number of likely N-dealkylation sites (N-methyl/N-ethyl adjacent to an activating group) is 1. The van der Waals surface area contributed by atoms with Crippen LogP contribution in [0.1, 0.15) is 40.1 Å². The number of hydrogen-bond donors (Lipinski definition) is 5. The van der Waals surface area contributed by atoms with Crippen LogP contribution in [-0.2, 0) is 6.54 Å². The Morgan fingerprint density at radius 1 is 0.961 bits per heavy atom. The number of nitrogens with one attached hydrogen (secondary N) is 3. The lowest BCUT2D eigenvalue weighted by Crippen LogP contribution is -2.49. The molecule has 4 aromatic rings. The van der Waals surface area contributed by atoms with Crippen LogP contribution in [0.15, 0.2) is 84.9 Å². The number of carbonyl (C=O) groups is 3. The molecule has 4 aromatic carbocycles. The number of anilines is 4. The number of urea groups is 1. The minimum Gasteiger partial charge on any atom is -0.486 e. The maximum absolute atomic E-state index is 13.9. The summed E-state index contributed by atoms with van der Waals surface area (Å²) < 4.78 is 17.4. The fraction of sp³-hybridized carbons (Fsp3) is 0.289. The Kier molecular flexibility index (Phi) is 10.6. The fourth-order valence-electron chi connectivity index (χ4n) is 6.07. The molecule has 0 radical (unpaired) electrons. The Bertz CT molecular complexity index is 1900. The molecule has 0 fully saturated rings. The van der Waals surface area contributed by atoms with Crippen LogP contribution in [0.5, 0.6) is 17.2 Å². The maximum Gasteiger partial charge on any atom is 0.323 e. The molecule has 3 atom stereocenters. The standard InChI is InChI=1S/C38H42N6O7/c1-23-18-44(24(2)21-45)37(47)28-7-6-10-31(42-38(48)40-27-15-16-32-33(17-27)50-22-49-32)35(28)51-34(23)20-43(3)19-25-11-13-26(14-12-25)36(46)41-30-9-5-4-8-29(30)39/h4-17,23-24,34,45H,18-22,39H2,1-3H3,(H,41,46)(H2,40,42,48)/t23-,24+,34-/m0/s1. The van der Waals surface area contributed by atoms with Gasteiger partial charge in [-0.15, -0.1) is 0 Å². The van der Waals surface area contributed by atoms with Crippen molar-refractivity contribution in [2.45, 2.75) is 32.5 Å². The zero-order valence-electron chi connectivity index (χ0n) is 28.7. The van der Waals surface area contributed by atoms with Crippen molar-refractivity contribution < 1.29 is 33.7 Å². The number of carbonyl (C=O) groups excluding carboxylic acids is 3. The first-order valence-corrected chi connectivity index (χ1v) is 16.7. The molecule has 0 aliphatic carbocycles. The van der Waals surface area contributed by atoms with Crippen molar-refractivity contribution in [3.8, 4) is 17.2 Å². The number of aliphatic hydroxyl groups excluding tert-OH is 1. The Balaban J connectivity index is 1.18. The number of amides is 4. The van der Waals surface area contributed by atoms with Gasteiger partial charge in [-0.05, 0) is 68.1 Å². The molecule has 0 unspecified atom stereocenters. The number of ether oxygens (including phenoxy) is 3. The molecule has 2 heterocycles. The van der Waals surface area contributed by atoms with Gasteiger partial charge in [-0.1, -0.05) is 37.3 Å². The molecule has 2 aliphatic rings. The first-order valence-electron chi connectivity index (χ1n) is 16.7. The van der Waals surface area contributed by atoms with Crippen LogP contribution < -0.4 is 35.9 Å². The summed E-state index contributed by atoms with van der Waals surface area (Å²) in [4.78, 5) is 43.7. The second kappa shape index (κ2) is 15.4. The van der Waals surface area contributed by atoms with Crippen LogP contribution in [-0.4, -0.2) is 78.4 Å². The average molecular weight is 695 g/mol. The number of aliphatic hydroxyl groups is 1. The zero-order chi connectivity index (χ0) is 36.1. The highest BCUT2D eigenvalue weighted by atomic mass is 16.7. The third-order valence-corrected chi connectivity index (χ3v) is 8.94. The second-order valence-electron chi connectivity index (χ2n) is 12.9. The summed E-state index contributed by atoms with van der Waals surface area (Å²) in [5.74, 6) is 0.667. The smallest absolute Gasteiger partial charge is 0.323 e. The highest BCUT2D eigenvalue weighted by Crippen LogP contribution is 2.36. The summed E-state index contributed by atoms with van der Waals surface area (Å²) in [6.45, 7) is 5.10. The van der Waals surface area contributed by atoms with Gasteiger partial charge in [-0.25, -0.2) is 4.79 Å². The maximum atomic E-state index is 13.9. The molecule has 266 valence electrons. The number of hydrogen-bond acceptors (Lipinski definition) is 9. The average Bonchev–Trinajstić information content (AvgIpc) is 3.59. The quantitative estimate of drug-likeness (QED) is 0.139. The first kappa shape index (κ1) is 35.1. The van der Waals surface area contributed by atoms with E-state index in [2.05, 4.69) is 20.9 Å². The zero-order valence-corrected chi connectivity index (χ0v) is 28.7. The third kappa shape index (κ3) is 8.17. The van der Waals surface area contributed by atoms with Crippen LogP contribution in [0.25, 0.3) is 0 Å². The van der Waals surface area contributed by atoms with Gasteiger partial charge < -0.3 is 45.9 Å². The number of benzene rings is 4. The number of nitrogens with zero attached hydrogens (tertiary/aromatic N) is 2. The molecule has 0 saturated heterocycles. The normalized spacial score (nSPS) is 17.1. The molecule has 13 nitrogen and oxygen atoms in total. The van der Waals surface area contributed by atoms with Gasteiger partial charge >= 0.3 is 6.03 Å². The first-order chi connectivity index (χ1) is 24.6. The van der Waals surface area contributed by atoms with E-state index < -0.39 is 18.2 Å². The predicted octanol–water partition coefficient (Wildman–Crippen LogP) is 5.25. The van der Waals surface area contributed by atoms with Gasteiger partial charge in [-0.3, -0.25) is 14.5 Å². The van der Waals surface area contributed by atoms with E-state index in [1.807, 2.05) is 32.2 Å². The molecule has 4 amide bonds. The van der Waals surface area contributed by atoms with Crippen molar-refractivity contribution >= 4 is 40.6 Å². The van der Waals surface area contributed by atoms with E-state index in [1.54, 1.807) is 78.6 Å². The summed E-state index contributed by atoms with van der Waals surface area (Å²) in [6, 6.07) is 23.6. The molecule has 0 spiro atoms. The van der Waals surface area contributed by atoms with E-state index in [0.717, 1.165) is 5.56 Å². The fourth-order valence-corrected chi connectivity index (χ4v) is 6.07. The van der Waals surface area contributed by atoms with Crippen molar-refractivity contribution in [2.75, 3.05) is 55.2 Å². The number of fused-ring (bicyclic) bond motifs is 2. The molecule has 13 heteroatoms. The topological polar surface area (TPSA) is 168 Å². The predicted molar refractivity (Wildman–Crippen MR) is 194 cm³/mol. The van der Waals surface area contributed by atoms with Gasteiger partial charge in [0.2, 0.25) is 6.79 Å². The van der Waals surface area contributed by atoms with Crippen LogP contribution in [0.3, 0.4) is 0 Å². The lowest BCUT2D eigenvalue weighted by Gasteiger charge is -2.38. The molecule has 6 rings (SSSR count).